The Morgan fingerprint density at radius 3 is 2.53 bits per heavy atom. The van der Waals surface area contributed by atoms with Gasteiger partial charge in [0.1, 0.15) is 11.2 Å². The van der Waals surface area contributed by atoms with Crippen LogP contribution in [-0.4, -0.2) is 29.8 Å². The minimum atomic E-state index is -4.79. The largest absolute Gasteiger partial charge is 0.522 e. The molecule has 0 aromatic heterocycles. The van der Waals surface area contributed by atoms with E-state index in [1.54, 1.807) is 0 Å². The molecule has 1 rings (SSSR count). The van der Waals surface area contributed by atoms with Crippen molar-refractivity contribution < 1.29 is 32.6 Å². The molecule has 7 heteroatoms. The summed E-state index contributed by atoms with van der Waals surface area (Å²) in [5, 5.41) is 9.03. The average Bonchev–Trinajstić information content (AvgIpc) is 2.18. The zero-order chi connectivity index (χ0) is 13.1. The van der Waals surface area contributed by atoms with Crippen LogP contribution >= 0.6 is 0 Å². The Hall–Kier alpha value is -1.11. The molecule has 0 aromatic rings. The topological polar surface area (TPSA) is 63.6 Å². The molecule has 0 amide bonds. The summed E-state index contributed by atoms with van der Waals surface area (Å²) in [6.45, 7) is -0.804. The van der Waals surface area contributed by atoms with Crippen molar-refractivity contribution in [2.24, 2.45) is 5.41 Å². The van der Waals surface area contributed by atoms with Gasteiger partial charge < -0.3 is 5.11 Å². The summed E-state index contributed by atoms with van der Waals surface area (Å²) in [5.41, 5.74) is -1.69. The first-order valence-electron chi connectivity index (χ1n) is 5.25. The minimum Gasteiger partial charge on any atom is -0.480 e. The summed E-state index contributed by atoms with van der Waals surface area (Å²) in [6, 6.07) is 0. The number of Topliss-reactive ketones (excluding diaryl/α,β-unsaturated/α-hetero) is 1. The van der Waals surface area contributed by atoms with Crippen LogP contribution in [-0.2, 0) is 14.3 Å². The van der Waals surface area contributed by atoms with E-state index in [2.05, 4.69) is 4.74 Å². The van der Waals surface area contributed by atoms with Gasteiger partial charge in [0.25, 0.3) is 0 Å². The Morgan fingerprint density at radius 1 is 1.41 bits per heavy atom. The fraction of sp³-hybridized carbons (Fsp3) is 0.800. The summed E-state index contributed by atoms with van der Waals surface area (Å²) in [7, 11) is 0. The number of rotatable bonds is 4. The SMILES string of the molecule is O=C(O)C1(CCOC(F)(F)F)CCCCC1=O. The summed E-state index contributed by atoms with van der Waals surface area (Å²) in [5.74, 6) is -1.85. The Kier molecular flexibility index (Phi) is 4.13. The van der Waals surface area contributed by atoms with E-state index in [4.69, 9.17) is 5.11 Å². The third-order valence-corrected chi connectivity index (χ3v) is 3.00. The number of carbonyl (C=O) groups is 2. The van der Waals surface area contributed by atoms with Crippen molar-refractivity contribution in [2.75, 3.05) is 6.61 Å². The third kappa shape index (κ3) is 3.42. The molecule has 0 heterocycles. The highest BCUT2D eigenvalue weighted by atomic mass is 19.4. The van der Waals surface area contributed by atoms with Gasteiger partial charge in [-0.15, -0.1) is 13.2 Å². The quantitative estimate of drug-likeness (QED) is 0.780. The van der Waals surface area contributed by atoms with Gasteiger partial charge in [-0.1, -0.05) is 6.42 Å². The second-order valence-electron chi connectivity index (χ2n) is 4.06. The van der Waals surface area contributed by atoms with Crippen molar-refractivity contribution in [2.45, 2.75) is 38.5 Å². The van der Waals surface area contributed by atoms with E-state index in [1.165, 1.54) is 0 Å². The normalized spacial score (nSPS) is 25.9. The van der Waals surface area contributed by atoms with Gasteiger partial charge in [0, 0.05) is 6.42 Å². The maximum atomic E-state index is 11.8. The number of carboxylic acids is 1. The molecule has 1 fully saturated rings. The molecule has 0 saturated heterocycles. The maximum Gasteiger partial charge on any atom is 0.522 e. The predicted octanol–water partition coefficient (Wildman–Crippen LogP) is 2.13. The van der Waals surface area contributed by atoms with Crippen molar-refractivity contribution in [3.63, 3.8) is 0 Å². The van der Waals surface area contributed by atoms with Gasteiger partial charge in [-0.05, 0) is 19.3 Å². The summed E-state index contributed by atoms with van der Waals surface area (Å²) in [6.07, 6.45) is -3.91. The molecule has 4 nitrogen and oxygen atoms in total. The van der Waals surface area contributed by atoms with Crippen LogP contribution in [0.2, 0.25) is 0 Å². The molecule has 1 unspecified atom stereocenters. The van der Waals surface area contributed by atoms with Gasteiger partial charge in [0.15, 0.2) is 0 Å². The number of halogens is 3. The van der Waals surface area contributed by atoms with Crippen LogP contribution in [0.15, 0.2) is 0 Å². The van der Waals surface area contributed by atoms with E-state index in [9.17, 15) is 22.8 Å². The van der Waals surface area contributed by atoms with Gasteiger partial charge >= 0.3 is 12.3 Å². The molecule has 1 aliphatic rings. The van der Waals surface area contributed by atoms with Crippen molar-refractivity contribution >= 4 is 11.8 Å². The van der Waals surface area contributed by atoms with Crippen molar-refractivity contribution in [1.82, 2.24) is 0 Å². The van der Waals surface area contributed by atoms with E-state index in [0.717, 1.165) is 0 Å². The molecule has 0 aromatic carbocycles. The predicted molar refractivity (Wildman–Crippen MR) is 50.2 cm³/mol. The number of alkyl halides is 3. The van der Waals surface area contributed by atoms with Gasteiger partial charge in [-0.3, -0.25) is 14.3 Å². The molecule has 1 aliphatic carbocycles. The standard InChI is InChI=1S/C10H13F3O4/c11-10(12,13)17-6-5-9(8(15)16)4-2-1-3-7(9)14/h1-6H2,(H,15,16). The lowest BCUT2D eigenvalue weighted by atomic mass is 9.71. The van der Waals surface area contributed by atoms with E-state index >= 15 is 0 Å². The zero-order valence-electron chi connectivity index (χ0n) is 9.05. The second-order valence-corrected chi connectivity index (χ2v) is 4.06. The number of ketones is 1. The van der Waals surface area contributed by atoms with E-state index in [1.807, 2.05) is 0 Å². The highest BCUT2D eigenvalue weighted by molar-refractivity contribution is 6.03. The first kappa shape index (κ1) is 14.0. The average molecular weight is 254 g/mol. The number of carboxylic acid groups (broad SMARTS) is 1. The zero-order valence-corrected chi connectivity index (χ0v) is 9.05. The molecule has 0 radical (unpaired) electrons. The smallest absolute Gasteiger partial charge is 0.480 e. The third-order valence-electron chi connectivity index (χ3n) is 3.00. The van der Waals surface area contributed by atoms with Gasteiger partial charge in [0.2, 0.25) is 0 Å². The summed E-state index contributed by atoms with van der Waals surface area (Å²) in [4.78, 5) is 22.7. The maximum absolute atomic E-state index is 11.8. The molecule has 1 N–H and O–H groups in total. The van der Waals surface area contributed by atoms with Crippen LogP contribution in [0.3, 0.4) is 0 Å². The fourth-order valence-corrected chi connectivity index (χ4v) is 2.03. The highest BCUT2D eigenvalue weighted by Gasteiger charge is 2.47. The molecule has 1 saturated carbocycles. The van der Waals surface area contributed by atoms with Crippen LogP contribution in [0.25, 0.3) is 0 Å². The lowest BCUT2D eigenvalue weighted by Gasteiger charge is -2.31. The molecule has 1 atom stereocenters. The van der Waals surface area contributed by atoms with Crippen LogP contribution < -0.4 is 0 Å². The van der Waals surface area contributed by atoms with Crippen LogP contribution in [0, 0.1) is 5.41 Å². The number of hydrogen-bond acceptors (Lipinski definition) is 3. The Morgan fingerprint density at radius 2 is 2.06 bits per heavy atom. The van der Waals surface area contributed by atoms with Crippen molar-refractivity contribution in [1.29, 1.82) is 0 Å². The Labute approximate surface area is 95.7 Å². The summed E-state index contributed by atoms with van der Waals surface area (Å²) < 4.78 is 38.9. The minimum absolute atomic E-state index is 0.0857. The number of aliphatic carboxylic acids is 1. The molecular weight excluding hydrogens is 241 g/mol. The molecule has 0 bridgehead atoms. The van der Waals surface area contributed by atoms with Crippen LogP contribution in [0.5, 0.6) is 0 Å². The lowest BCUT2D eigenvalue weighted by molar-refractivity contribution is -0.326. The molecule has 0 aliphatic heterocycles. The Balaban J connectivity index is 2.66. The van der Waals surface area contributed by atoms with Gasteiger partial charge in [-0.2, -0.15) is 0 Å². The van der Waals surface area contributed by atoms with E-state index < -0.39 is 36.6 Å². The van der Waals surface area contributed by atoms with Gasteiger partial charge in [-0.25, -0.2) is 0 Å². The number of ether oxygens (including phenoxy) is 1. The molecule has 98 valence electrons. The van der Waals surface area contributed by atoms with E-state index in [-0.39, 0.29) is 12.8 Å². The fourth-order valence-electron chi connectivity index (χ4n) is 2.03. The van der Waals surface area contributed by atoms with Crippen LogP contribution in [0.1, 0.15) is 32.1 Å². The first-order valence-corrected chi connectivity index (χ1v) is 5.25. The van der Waals surface area contributed by atoms with Crippen molar-refractivity contribution in [3.05, 3.63) is 0 Å². The van der Waals surface area contributed by atoms with E-state index in [0.29, 0.717) is 12.8 Å². The molecular formula is C10H13F3O4. The van der Waals surface area contributed by atoms with Crippen LogP contribution in [0.4, 0.5) is 13.2 Å². The second kappa shape index (κ2) is 5.03. The van der Waals surface area contributed by atoms with Crippen molar-refractivity contribution in [3.8, 4) is 0 Å². The van der Waals surface area contributed by atoms with Gasteiger partial charge in [0.05, 0.1) is 6.61 Å². The monoisotopic (exact) mass is 254 g/mol. The molecule has 0 spiro atoms. The molecule has 17 heavy (non-hydrogen) atoms. The number of hydrogen-bond donors (Lipinski definition) is 1. The Bertz CT molecular complexity index is 313. The summed E-state index contributed by atoms with van der Waals surface area (Å²) >= 11 is 0. The number of carbonyl (C=O) groups excluding carboxylic acids is 1. The lowest BCUT2D eigenvalue weighted by Crippen LogP contribution is -2.42. The highest BCUT2D eigenvalue weighted by Crippen LogP contribution is 2.37. The first-order chi connectivity index (χ1) is 7.78.